The van der Waals surface area contributed by atoms with Crippen molar-refractivity contribution in [2.75, 3.05) is 13.1 Å². The number of nitrogens with zero attached hydrogens (tertiary/aromatic N) is 1. The molecule has 19 heavy (non-hydrogen) atoms. The normalized spacial score (nSPS) is 19.3. The van der Waals surface area contributed by atoms with E-state index in [0.717, 1.165) is 31.5 Å². The molecule has 0 atom stereocenters. The minimum Gasteiger partial charge on any atom is -0.393 e. The van der Waals surface area contributed by atoms with Crippen LogP contribution in [-0.2, 0) is 6.54 Å². The lowest BCUT2D eigenvalue weighted by atomic mass is 9.80. The highest BCUT2D eigenvalue weighted by molar-refractivity contribution is 7.80. The Hall–Kier alpha value is -0.710. The molecule has 1 aromatic carbocycles. The van der Waals surface area contributed by atoms with Crippen LogP contribution < -0.4 is 5.73 Å². The summed E-state index contributed by atoms with van der Waals surface area (Å²) in [5, 5.41) is 0.227. The average molecular weight is 301 g/mol. The van der Waals surface area contributed by atoms with Crippen LogP contribution in [0.25, 0.3) is 0 Å². The molecular weight excluding hydrogens is 283 g/mol. The van der Waals surface area contributed by atoms with Gasteiger partial charge in [0.05, 0.1) is 10.0 Å². The summed E-state index contributed by atoms with van der Waals surface area (Å²) in [6.07, 6.45) is 1.88. The molecule has 1 aromatic rings. The molecule has 2 N–H and O–H groups in total. The van der Waals surface area contributed by atoms with Gasteiger partial charge in [0.1, 0.15) is 5.82 Å². The highest BCUT2D eigenvalue weighted by Gasteiger charge is 2.32. The molecule has 104 valence electrons. The van der Waals surface area contributed by atoms with Gasteiger partial charge in [0.25, 0.3) is 0 Å². The average Bonchev–Trinajstić information content (AvgIpc) is 2.37. The summed E-state index contributed by atoms with van der Waals surface area (Å²) in [6.45, 7) is 4.59. The first-order valence-corrected chi connectivity index (χ1v) is 7.16. The number of nitrogens with two attached hydrogens (primary N) is 1. The molecule has 1 heterocycles. The van der Waals surface area contributed by atoms with Crippen molar-refractivity contribution in [2.45, 2.75) is 26.3 Å². The van der Waals surface area contributed by atoms with Crippen LogP contribution in [0.1, 0.15) is 25.3 Å². The number of thiocarbonyl (C=S) groups is 1. The van der Waals surface area contributed by atoms with Gasteiger partial charge in [0.15, 0.2) is 0 Å². The topological polar surface area (TPSA) is 29.3 Å². The number of rotatable bonds is 3. The van der Waals surface area contributed by atoms with E-state index < -0.39 is 0 Å². The second-order valence-corrected chi connectivity index (χ2v) is 6.23. The molecule has 2 nitrogen and oxygen atoms in total. The lowest BCUT2D eigenvalue weighted by Crippen LogP contribution is -2.44. The van der Waals surface area contributed by atoms with E-state index in [1.54, 1.807) is 6.07 Å². The molecule has 2 rings (SSSR count). The molecule has 0 spiro atoms. The zero-order valence-electron chi connectivity index (χ0n) is 11.0. The molecule has 0 amide bonds. The van der Waals surface area contributed by atoms with Crippen molar-refractivity contribution in [3.05, 3.63) is 34.6 Å². The molecule has 0 aliphatic carbocycles. The zero-order valence-corrected chi connectivity index (χ0v) is 12.5. The first-order chi connectivity index (χ1) is 8.92. The fourth-order valence-electron chi connectivity index (χ4n) is 2.36. The van der Waals surface area contributed by atoms with Crippen LogP contribution >= 0.6 is 23.8 Å². The Bertz CT molecular complexity index is 484. The fraction of sp³-hybridized carbons (Fsp3) is 0.500. The van der Waals surface area contributed by atoms with Crippen LogP contribution in [0, 0.1) is 11.2 Å². The van der Waals surface area contributed by atoms with Gasteiger partial charge in [0.2, 0.25) is 0 Å². The van der Waals surface area contributed by atoms with Crippen molar-refractivity contribution in [1.29, 1.82) is 0 Å². The van der Waals surface area contributed by atoms with E-state index in [4.69, 9.17) is 29.6 Å². The van der Waals surface area contributed by atoms with Crippen LogP contribution in [0.2, 0.25) is 5.02 Å². The Morgan fingerprint density at radius 2 is 2.11 bits per heavy atom. The molecule has 1 saturated heterocycles. The van der Waals surface area contributed by atoms with E-state index in [1.807, 2.05) is 6.07 Å². The Morgan fingerprint density at radius 1 is 1.47 bits per heavy atom. The standard InChI is InChI=1S/C14H18ClFN2S/c1-14(13(17)19)5-7-18(8-6-14)9-10-3-2-4-11(16)12(10)15/h2-4H,5-9H2,1H3,(H2,17,19). The number of benzene rings is 1. The summed E-state index contributed by atoms with van der Waals surface area (Å²) in [5.41, 5.74) is 6.58. The maximum atomic E-state index is 13.4. The van der Waals surface area contributed by atoms with Crippen LogP contribution in [-0.4, -0.2) is 23.0 Å². The van der Waals surface area contributed by atoms with Crippen molar-refractivity contribution in [2.24, 2.45) is 11.1 Å². The SMILES string of the molecule is CC1(C(N)=S)CCN(Cc2cccc(F)c2Cl)CC1. The summed E-state index contributed by atoms with van der Waals surface area (Å²) in [7, 11) is 0. The van der Waals surface area contributed by atoms with Gasteiger partial charge in [-0.25, -0.2) is 4.39 Å². The monoisotopic (exact) mass is 300 g/mol. The maximum absolute atomic E-state index is 13.4. The maximum Gasteiger partial charge on any atom is 0.142 e. The molecule has 0 bridgehead atoms. The number of hydrogen-bond donors (Lipinski definition) is 1. The molecule has 0 radical (unpaired) electrons. The second kappa shape index (κ2) is 5.73. The zero-order chi connectivity index (χ0) is 14.0. The third-order valence-electron chi connectivity index (χ3n) is 3.98. The predicted molar refractivity (Wildman–Crippen MR) is 80.8 cm³/mol. The van der Waals surface area contributed by atoms with Gasteiger partial charge in [0, 0.05) is 12.0 Å². The lowest BCUT2D eigenvalue weighted by molar-refractivity contribution is 0.158. The van der Waals surface area contributed by atoms with Crippen LogP contribution in [0.4, 0.5) is 4.39 Å². The lowest BCUT2D eigenvalue weighted by Gasteiger charge is -2.38. The minimum absolute atomic E-state index is 0.0441. The summed E-state index contributed by atoms with van der Waals surface area (Å²) in [6, 6.07) is 4.94. The molecular formula is C14H18ClFN2S. The third-order valence-corrected chi connectivity index (χ3v) is 4.90. The van der Waals surface area contributed by atoms with Crippen molar-refractivity contribution in [3.8, 4) is 0 Å². The highest BCUT2D eigenvalue weighted by Crippen LogP contribution is 2.32. The molecule has 0 aromatic heterocycles. The molecule has 1 aliphatic heterocycles. The number of likely N-dealkylation sites (tertiary alicyclic amines) is 1. The van der Waals surface area contributed by atoms with Crippen molar-refractivity contribution >= 4 is 28.8 Å². The summed E-state index contributed by atoms with van der Waals surface area (Å²) in [4.78, 5) is 2.86. The van der Waals surface area contributed by atoms with Gasteiger partial charge in [-0.3, -0.25) is 4.90 Å². The molecule has 0 saturated carbocycles. The van der Waals surface area contributed by atoms with Crippen molar-refractivity contribution in [3.63, 3.8) is 0 Å². The third kappa shape index (κ3) is 3.25. The van der Waals surface area contributed by atoms with Crippen molar-refractivity contribution in [1.82, 2.24) is 4.90 Å². The predicted octanol–water partition coefficient (Wildman–Crippen LogP) is 3.37. The van der Waals surface area contributed by atoms with Crippen molar-refractivity contribution < 1.29 is 4.39 Å². The number of piperidine rings is 1. The Balaban J connectivity index is 2.00. The number of hydrogen-bond acceptors (Lipinski definition) is 2. The molecule has 1 aliphatic rings. The minimum atomic E-state index is -0.357. The first-order valence-electron chi connectivity index (χ1n) is 6.37. The summed E-state index contributed by atoms with van der Waals surface area (Å²) < 4.78 is 13.4. The quantitative estimate of drug-likeness (QED) is 0.868. The van der Waals surface area contributed by atoms with Gasteiger partial charge in [-0.05, 0) is 37.6 Å². The number of halogens is 2. The smallest absolute Gasteiger partial charge is 0.142 e. The van der Waals surface area contributed by atoms with Crippen LogP contribution in [0.15, 0.2) is 18.2 Å². The summed E-state index contributed by atoms with van der Waals surface area (Å²) in [5.74, 6) is -0.357. The van der Waals surface area contributed by atoms with E-state index in [0.29, 0.717) is 11.5 Å². The van der Waals surface area contributed by atoms with E-state index >= 15 is 0 Å². The largest absolute Gasteiger partial charge is 0.393 e. The van der Waals surface area contributed by atoms with Crippen LogP contribution in [0.3, 0.4) is 0 Å². The Labute approximate surface area is 123 Å². The Kier molecular flexibility index (Phi) is 4.43. The van der Waals surface area contributed by atoms with Gasteiger partial charge in [-0.15, -0.1) is 0 Å². The van der Waals surface area contributed by atoms with E-state index in [2.05, 4.69) is 11.8 Å². The van der Waals surface area contributed by atoms with E-state index in [-0.39, 0.29) is 16.3 Å². The van der Waals surface area contributed by atoms with Gasteiger partial charge < -0.3 is 5.73 Å². The van der Waals surface area contributed by atoms with E-state index in [1.165, 1.54) is 6.07 Å². The molecule has 0 unspecified atom stereocenters. The Morgan fingerprint density at radius 3 is 2.68 bits per heavy atom. The van der Waals surface area contributed by atoms with Gasteiger partial charge in [-0.2, -0.15) is 0 Å². The molecule has 1 fully saturated rings. The molecule has 5 heteroatoms. The fourth-order valence-corrected chi connectivity index (χ4v) is 2.75. The summed E-state index contributed by atoms with van der Waals surface area (Å²) >= 11 is 11.1. The first kappa shape index (κ1) is 14.7. The van der Waals surface area contributed by atoms with E-state index in [9.17, 15) is 4.39 Å². The van der Waals surface area contributed by atoms with Gasteiger partial charge in [-0.1, -0.05) is 42.9 Å². The van der Waals surface area contributed by atoms with Crippen LogP contribution in [0.5, 0.6) is 0 Å². The van der Waals surface area contributed by atoms with Gasteiger partial charge >= 0.3 is 0 Å². The highest BCUT2D eigenvalue weighted by atomic mass is 35.5. The second-order valence-electron chi connectivity index (χ2n) is 5.41.